The lowest BCUT2D eigenvalue weighted by Crippen LogP contribution is -2.30. The van der Waals surface area contributed by atoms with E-state index in [1.165, 1.54) is 24.6 Å². The molecule has 0 aromatic carbocycles. The van der Waals surface area contributed by atoms with Crippen molar-refractivity contribution in [3.63, 3.8) is 0 Å². The van der Waals surface area contributed by atoms with E-state index < -0.39 is 0 Å². The highest BCUT2D eigenvalue weighted by Crippen LogP contribution is 2.17. The highest BCUT2D eigenvalue weighted by Gasteiger charge is 2.17. The third-order valence-corrected chi connectivity index (χ3v) is 4.56. The zero-order chi connectivity index (χ0) is 13.7. The Morgan fingerprint density at radius 3 is 2.95 bits per heavy atom. The molecule has 0 aliphatic carbocycles. The van der Waals surface area contributed by atoms with Gasteiger partial charge in [-0.3, -0.25) is 4.79 Å². The first kappa shape index (κ1) is 14.4. The second kappa shape index (κ2) is 6.96. The van der Waals surface area contributed by atoms with Crippen molar-refractivity contribution >= 4 is 34.2 Å². The second-order valence-electron chi connectivity index (χ2n) is 4.55. The molecule has 1 fully saturated rings. The fourth-order valence-corrected chi connectivity index (χ4v) is 3.07. The normalized spacial score (nSPS) is 16.4. The van der Waals surface area contributed by atoms with Crippen LogP contribution in [0.5, 0.6) is 0 Å². The van der Waals surface area contributed by atoms with Crippen LogP contribution in [0, 0.1) is 0 Å². The molecular formula is C13H18N2O2S2. The third kappa shape index (κ3) is 4.24. The maximum atomic E-state index is 11.8. The molecule has 0 saturated carbocycles. The fourth-order valence-electron chi connectivity index (χ4n) is 2.01. The highest BCUT2D eigenvalue weighted by molar-refractivity contribution is 8.23. The van der Waals surface area contributed by atoms with Gasteiger partial charge in [-0.2, -0.15) is 0 Å². The van der Waals surface area contributed by atoms with E-state index >= 15 is 0 Å². The predicted molar refractivity (Wildman–Crippen MR) is 81.1 cm³/mol. The summed E-state index contributed by atoms with van der Waals surface area (Å²) in [5.41, 5.74) is 0. The number of carbonyl (C=O) groups is 1. The zero-order valence-corrected chi connectivity index (χ0v) is 12.6. The summed E-state index contributed by atoms with van der Waals surface area (Å²) in [4.78, 5) is 14.0. The van der Waals surface area contributed by atoms with Crippen LogP contribution in [0.15, 0.2) is 22.8 Å². The summed E-state index contributed by atoms with van der Waals surface area (Å²) in [6.45, 7) is 3.95. The van der Waals surface area contributed by atoms with Crippen LogP contribution >= 0.6 is 24.0 Å². The molecule has 1 atom stereocenters. The average Bonchev–Trinajstić information content (AvgIpc) is 3.07. The smallest absolute Gasteiger partial charge is 0.231 e. The standard InChI is InChI=1S/C13H18N2O2S2/c1-10(11-5-4-8-17-11)14-12(16)9-19-13(18)15-6-2-3-7-15/h4-5,8,10H,2-3,6-7,9H2,1H3,(H,14,16). The van der Waals surface area contributed by atoms with Crippen molar-refractivity contribution in [1.29, 1.82) is 0 Å². The second-order valence-corrected chi connectivity index (χ2v) is 6.16. The van der Waals surface area contributed by atoms with Crippen LogP contribution in [0.1, 0.15) is 31.6 Å². The summed E-state index contributed by atoms with van der Waals surface area (Å²) in [6, 6.07) is 3.56. The molecule has 2 heterocycles. The van der Waals surface area contributed by atoms with Gasteiger partial charge in [-0.25, -0.2) is 0 Å². The van der Waals surface area contributed by atoms with Gasteiger partial charge < -0.3 is 14.6 Å². The topological polar surface area (TPSA) is 45.5 Å². The summed E-state index contributed by atoms with van der Waals surface area (Å²) in [5, 5.41) is 2.90. The van der Waals surface area contributed by atoms with Gasteiger partial charge in [0.1, 0.15) is 10.1 Å². The molecule has 1 amide bonds. The molecule has 0 spiro atoms. The van der Waals surface area contributed by atoms with Crippen molar-refractivity contribution in [2.24, 2.45) is 0 Å². The van der Waals surface area contributed by atoms with Crippen molar-refractivity contribution < 1.29 is 9.21 Å². The highest BCUT2D eigenvalue weighted by atomic mass is 32.2. The molecule has 1 aromatic heterocycles. The van der Waals surface area contributed by atoms with Gasteiger partial charge in [0.2, 0.25) is 5.91 Å². The minimum Gasteiger partial charge on any atom is -0.467 e. The Kier molecular flexibility index (Phi) is 5.27. The fraction of sp³-hybridized carbons (Fsp3) is 0.538. The molecule has 1 aliphatic rings. The summed E-state index contributed by atoms with van der Waals surface area (Å²) in [6.07, 6.45) is 4.00. The number of hydrogen-bond acceptors (Lipinski definition) is 4. The Bertz CT molecular complexity index is 428. The Morgan fingerprint density at radius 2 is 2.32 bits per heavy atom. The van der Waals surface area contributed by atoms with E-state index in [-0.39, 0.29) is 11.9 Å². The molecule has 0 bridgehead atoms. The number of furan rings is 1. The molecule has 1 aliphatic heterocycles. The first-order valence-electron chi connectivity index (χ1n) is 6.41. The van der Waals surface area contributed by atoms with Crippen LogP contribution in [0.4, 0.5) is 0 Å². The molecule has 6 heteroatoms. The molecule has 2 rings (SSSR count). The number of rotatable bonds is 4. The molecule has 1 aromatic rings. The first-order valence-corrected chi connectivity index (χ1v) is 7.80. The lowest BCUT2D eigenvalue weighted by Gasteiger charge is -2.17. The van der Waals surface area contributed by atoms with Crippen molar-refractivity contribution in [2.45, 2.75) is 25.8 Å². The number of amides is 1. The SMILES string of the molecule is CC(NC(=O)CSC(=S)N1CCCC1)c1ccco1. The van der Waals surface area contributed by atoms with Crippen LogP contribution in [0.25, 0.3) is 0 Å². The van der Waals surface area contributed by atoms with Crippen LogP contribution < -0.4 is 5.32 Å². The quantitative estimate of drug-likeness (QED) is 0.866. The number of carbonyl (C=O) groups excluding carboxylic acids is 1. The summed E-state index contributed by atoms with van der Waals surface area (Å²) in [7, 11) is 0. The van der Waals surface area contributed by atoms with E-state index in [1.807, 2.05) is 19.1 Å². The lowest BCUT2D eigenvalue weighted by molar-refractivity contribution is -0.119. The monoisotopic (exact) mass is 298 g/mol. The number of thiocarbonyl (C=S) groups is 1. The summed E-state index contributed by atoms with van der Waals surface area (Å²) in [5.74, 6) is 1.11. The number of likely N-dealkylation sites (tertiary alicyclic amines) is 1. The van der Waals surface area contributed by atoms with E-state index in [0.717, 1.165) is 23.2 Å². The molecule has 1 unspecified atom stereocenters. The third-order valence-electron chi connectivity index (χ3n) is 3.04. The number of thioether (sulfide) groups is 1. The van der Waals surface area contributed by atoms with Gasteiger partial charge in [0.15, 0.2) is 0 Å². The lowest BCUT2D eigenvalue weighted by atomic mass is 10.2. The van der Waals surface area contributed by atoms with Crippen LogP contribution in [-0.4, -0.2) is 34.0 Å². The Hall–Kier alpha value is -1.01. The van der Waals surface area contributed by atoms with E-state index in [4.69, 9.17) is 16.6 Å². The molecule has 4 nitrogen and oxygen atoms in total. The van der Waals surface area contributed by atoms with Crippen LogP contribution in [0.2, 0.25) is 0 Å². The Balaban J connectivity index is 1.71. The molecular weight excluding hydrogens is 280 g/mol. The first-order chi connectivity index (χ1) is 9.16. The number of nitrogens with one attached hydrogen (secondary N) is 1. The minimum absolute atomic E-state index is 0.0181. The van der Waals surface area contributed by atoms with Gasteiger partial charge >= 0.3 is 0 Å². The van der Waals surface area contributed by atoms with Gasteiger partial charge in [-0.05, 0) is 31.9 Å². The van der Waals surface area contributed by atoms with E-state index in [9.17, 15) is 4.79 Å². The van der Waals surface area contributed by atoms with E-state index in [1.54, 1.807) is 6.26 Å². The van der Waals surface area contributed by atoms with E-state index in [0.29, 0.717) is 5.75 Å². The van der Waals surface area contributed by atoms with Gasteiger partial charge in [0.05, 0.1) is 18.1 Å². The van der Waals surface area contributed by atoms with Gasteiger partial charge in [-0.15, -0.1) is 0 Å². The van der Waals surface area contributed by atoms with Crippen LogP contribution in [-0.2, 0) is 4.79 Å². The zero-order valence-electron chi connectivity index (χ0n) is 10.9. The molecule has 1 N–H and O–H groups in total. The number of nitrogens with zero attached hydrogens (tertiary/aromatic N) is 1. The van der Waals surface area contributed by atoms with Gasteiger partial charge in [-0.1, -0.05) is 24.0 Å². The van der Waals surface area contributed by atoms with Crippen LogP contribution in [0.3, 0.4) is 0 Å². The Morgan fingerprint density at radius 1 is 1.58 bits per heavy atom. The predicted octanol–water partition coefficient (Wildman–Crippen LogP) is 2.57. The molecule has 104 valence electrons. The van der Waals surface area contributed by atoms with Crippen molar-refractivity contribution in [1.82, 2.24) is 10.2 Å². The Labute approximate surface area is 122 Å². The minimum atomic E-state index is -0.108. The maximum Gasteiger partial charge on any atom is 0.231 e. The molecule has 1 saturated heterocycles. The van der Waals surface area contributed by atoms with Gasteiger partial charge in [0.25, 0.3) is 0 Å². The average molecular weight is 298 g/mol. The summed E-state index contributed by atoms with van der Waals surface area (Å²) >= 11 is 6.75. The molecule has 0 radical (unpaired) electrons. The van der Waals surface area contributed by atoms with Crippen molar-refractivity contribution in [2.75, 3.05) is 18.8 Å². The number of hydrogen-bond donors (Lipinski definition) is 1. The van der Waals surface area contributed by atoms with Crippen molar-refractivity contribution in [3.8, 4) is 0 Å². The largest absolute Gasteiger partial charge is 0.467 e. The van der Waals surface area contributed by atoms with E-state index in [2.05, 4.69) is 10.2 Å². The maximum absolute atomic E-state index is 11.8. The molecule has 19 heavy (non-hydrogen) atoms. The summed E-state index contributed by atoms with van der Waals surface area (Å²) < 4.78 is 6.08. The van der Waals surface area contributed by atoms with Crippen molar-refractivity contribution in [3.05, 3.63) is 24.2 Å². The van der Waals surface area contributed by atoms with Gasteiger partial charge in [0, 0.05) is 13.1 Å².